The monoisotopic (exact) mass is 376 g/mol. The fourth-order valence-electron chi connectivity index (χ4n) is 1.96. The Bertz CT molecular complexity index is 282. The van der Waals surface area contributed by atoms with E-state index >= 15 is 0 Å². The first-order chi connectivity index (χ1) is 8.86. The summed E-state index contributed by atoms with van der Waals surface area (Å²) in [6, 6.07) is 10.4. The topological polar surface area (TPSA) is 9.23 Å². The Morgan fingerprint density at radius 2 is 1.56 bits per heavy atom. The van der Waals surface area contributed by atoms with Crippen molar-refractivity contribution in [3.63, 3.8) is 0 Å². The highest BCUT2D eigenvalue weighted by molar-refractivity contribution is 9.09. The van der Waals surface area contributed by atoms with Gasteiger partial charge >= 0.3 is 0 Å². The summed E-state index contributed by atoms with van der Waals surface area (Å²) in [6.07, 6.45) is 4.99. The van der Waals surface area contributed by atoms with Crippen LogP contribution in [0, 0.1) is 5.92 Å². The van der Waals surface area contributed by atoms with E-state index in [1.54, 1.807) is 0 Å². The van der Waals surface area contributed by atoms with Gasteiger partial charge in [0.2, 0.25) is 0 Å². The fraction of sp³-hybridized carbons (Fsp3) is 0.600. The van der Waals surface area contributed by atoms with E-state index in [1.165, 1.54) is 31.2 Å². The van der Waals surface area contributed by atoms with Gasteiger partial charge in [-0.15, -0.1) is 0 Å². The normalized spacial score (nSPS) is 11.1. The van der Waals surface area contributed by atoms with Gasteiger partial charge in [0.25, 0.3) is 0 Å². The van der Waals surface area contributed by atoms with Crippen LogP contribution in [0.25, 0.3) is 0 Å². The molecule has 0 bridgehead atoms. The van der Waals surface area contributed by atoms with Crippen molar-refractivity contribution in [1.82, 2.24) is 0 Å². The van der Waals surface area contributed by atoms with Crippen LogP contribution in [-0.4, -0.2) is 17.3 Å². The van der Waals surface area contributed by atoms with Crippen LogP contribution in [0.15, 0.2) is 30.3 Å². The first kappa shape index (κ1) is 16.2. The molecule has 0 radical (unpaired) electrons. The van der Waals surface area contributed by atoms with Crippen LogP contribution in [0.5, 0.6) is 0 Å². The molecule has 1 aromatic carbocycles. The number of hydrogen-bond acceptors (Lipinski definition) is 1. The molecule has 0 spiro atoms. The summed E-state index contributed by atoms with van der Waals surface area (Å²) in [7, 11) is 0. The van der Waals surface area contributed by atoms with Crippen LogP contribution in [0.3, 0.4) is 0 Å². The smallest absolute Gasteiger partial charge is 0.0717 e. The molecule has 0 aromatic heterocycles. The number of rotatable bonds is 10. The Morgan fingerprint density at radius 3 is 2.11 bits per heavy atom. The van der Waals surface area contributed by atoms with Crippen molar-refractivity contribution in [1.29, 1.82) is 0 Å². The molecule has 0 heterocycles. The maximum absolute atomic E-state index is 5.85. The van der Waals surface area contributed by atoms with E-state index in [2.05, 4.69) is 56.1 Å². The van der Waals surface area contributed by atoms with Crippen molar-refractivity contribution in [2.24, 2.45) is 5.92 Å². The Hall–Kier alpha value is 0.140. The van der Waals surface area contributed by atoms with Gasteiger partial charge in [0.05, 0.1) is 6.61 Å². The summed E-state index contributed by atoms with van der Waals surface area (Å²) < 4.78 is 5.85. The van der Waals surface area contributed by atoms with Gasteiger partial charge in [-0.2, -0.15) is 0 Å². The predicted molar refractivity (Wildman–Crippen MR) is 85.6 cm³/mol. The zero-order valence-electron chi connectivity index (χ0n) is 10.8. The van der Waals surface area contributed by atoms with Crippen molar-refractivity contribution in [2.45, 2.75) is 32.3 Å². The summed E-state index contributed by atoms with van der Waals surface area (Å²) >= 11 is 7.00. The van der Waals surface area contributed by atoms with Crippen molar-refractivity contribution in [2.75, 3.05) is 17.3 Å². The lowest BCUT2D eigenvalue weighted by molar-refractivity contribution is 0.0808. The van der Waals surface area contributed by atoms with Crippen molar-refractivity contribution < 1.29 is 4.74 Å². The molecule has 1 nitrogen and oxygen atoms in total. The first-order valence-corrected chi connectivity index (χ1v) is 8.84. The van der Waals surface area contributed by atoms with Crippen LogP contribution in [0.1, 0.15) is 31.2 Å². The molecule has 0 fully saturated rings. The van der Waals surface area contributed by atoms with Crippen molar-refractivity contribution in [3.8, 4) is 0 Å². The molecule has 0 N–H and O–H groups in total. The fourth-order valence-corrected chi connectivity index (χ4v) is 2.61. The van der Waals surface area contributed by atoms with Crippen LogP contribution in [-0.2, 0) is 11.3 Å². The first-order valence-electron chi connectivity index (χ1n) is 6.60. The van der Waals surface area contributed by atoms with Crippen LogP contribution < -0.4 is 0 Å². The SMILES string of the molecule is BrCCCC(CCCBr)COCc1ccccc1. The summed E-state index contributed by atoms with van der Waals surface area (Å²) in [5.74, 6) is 0.698. The number of halogens is 2. The van der Waals surface area contributed by atoms with E-state index in [9.17, 15) is 0 Å². The Balaban J connectivity index is 2.23. The van der Waals surface area contributed by atoms with Gasteiger partial charge in [0.15, 0.2) is 0 Å². The van der Waals surface area contributed by atoms with Crippen molar-refractivity contribution >= 4 is 31.9 Å². The molecule has 0 aliphatic carbocycles. The van der Waals surface area contributed by atoms with Crippen molar-refractivity contribution in [3.05, 3.63) is 35.9 Å². The molecule has 1 aromatic rings. The minimum absolute atomic E-state index is 0.698. The van der Waals surface area contributed by atoms with Gasteiger partial charge in [-0.25, -0.2) is 0 Å². The third kappa shape index (κ3) is 7.55. The summed E-state index contributed by atoms with van der Waals surface area (Å²) in [4.78, 5) is 0. The molecular formula is C15H22Br2O. The Morgan fingerprint density at radius 1 is 0.944 bits per heavy atom. The van der Waals surface area contributed by atoms with E-state index in [-0.39, 0.29) is 0 Å². The maximum atomic E-state index is 5.85. The van der Waals surface area contributed by atoms with Gasteiger partial charge < -0.3 is 4.74 Å². The van der Waals surface area contributed by atoms with Gasteiger partial charge in [-0.3, -0.25) is 0 Å². The quantitative estimate of drug-likeness (QED) is 0.511. The predicted octanol–water partition coefficient (Wildman–Crippen LogP) is 5.17. The molecule has 102 valence electrons. The third-order valence-electron chi connectivity index (χ3n) is 2.96. The maximum Gasteiger partial charge on any atom is 0.0717 e. The Kier molecular flexibility index (Phi) is 9.90. The number of benzene rings is 1. The zero-order chi connectivity index (χ0) is 13.1. The highest BCUT2D eigenvalue weighted by Crippen LogP contribution is 2.16. The lowest BCUT2D eigenvalue weighted by Gasteiger charge is -2.16. The molecule has 0 atom stereocenters. The van der Waals surface area contributed by atoms with Crippen LogP contribution in [0.4, 0.5) is 0 Å². The highest BCUT2D eigenvalue weighted by Gasteiger charge is 2.08. The molecular weight excluding hydrogens is 356 g/mol. The standard InChI is InChI=1S/C15H22Br2O/c16-10-4-8-15(9-5-11-17)13-18-12-14-6-2-1-3-7-14/h1-3,6-7,15H,4-5,8-13H2. The van der Waals surface area contributed by atoms with Gasteiger partial charge in [-0.05, 0) is 37.2 Å². The minimum atomic E-state index is 0.698. The summed E-state index contributed by atoms with van der Waals surface area (Å²) in [5.41, 5.74) is 1.26. The molecule has 0 aliphatic rings. The number of alkyl halides is 2. The molecule has 0 saturated heterocycles. The average molecular weight is 378 g/mol. The van der Waals surface area contributed by atoms with Gasteiger partial charge in [0, 0.05) is 17.3 Å². The summed E-state index contributed by atoms with van der Waals surface area (Å²) in [5, 5.41) is 2.19. The molecule has 0 aliphatic heterocycles. The van der Waals surface area contributed by atoms with Crippen LogP contribution in [0.2, 0.25) is 0 Å². The molecule has 0 unspecified atom stereocenters. The second-order valence-corrected chi connectivity index (χ2v) is 6.12. The second kappa shape index (κ2) is 11.0. The van der Waals surface area contributed by atoms with E-state index < -0.39 is 0 Å². The number of hydrogen-bond donors (Lipinski definition) is 0. The lowest BCUT2D eigenvalue weighted by atomic mass is 9.99. The third-order valence-corrected chi connectivity index (χ3v) is 4.08. The Labute approximate surface area is 128 Å². The van der Waals surface area contributed by atoms with E-state index in [4.69, 9.17) is 4.74 Å². The number of ether oxygens (including phenoxy) is 1. The molecule has 18 heavy (non-hydrogen) atoms. The molecule has 0 saturated carbocycles. The van der Waals surface area contributed by atoms with Gasteiger partial charge in [-0.1, -0.05) is 62.2 Å². The zero-order valence-corrected chi connectivity index (χ0v) is 14.0. The second-order valence-electron chi connectivity index (χ2n) is 4.53. The average Bonchev–Trinajstić information content (AvgIpc) is 2.42. The molecule has 0 amide bonds. The van der Waals surface area contributed by atoms with E-state index in [1.807, 2.05) is 6.07 Å². The molecule has 3 heteroatoms. The van der Waals surface area contributed by atoms with E-state index in [0.29, 0.717) is 5.92 Å². The van der Waals surface area contributed by atoms with Crippen LogP contribution >= 0.6 is 31.9 Å². The largest absolute Gasteiger partial charge is 0.376 e. The molecule has 1 rings (SSSR count). The van der Waals surface area contributed by atoms with E-state index in [0.717, 1.165) is 23.9 Å². The summed E-state index contributed by atoms with van der Waals surface area (Å²) in [6.45, 7) is 1.62. The highest BCUT2D eigenvalue weighted by atomic mass is 79.9. The van der Waals surface area contributed by atoms with Gasteiger partial charge in [0.1, 0.15) is 0 Å². The minimum Gasteiger partial charge on any atom is -0.376 e. The lowest BCUT2D eigenvalue weighted by Crippen LogP contribution is -2.10.